The summed E-state index contributed by atoms with van der Waals surface area (Å²) in [5.41, 5.74) is 0.897. The standard InChI is InChI=1S/C19H30O8/c1-9(26-18-17(25)16(24)15(23)13(8-20)27-18)5-6-11-10(2)14(22)12(21)7-19(11,3)4/h5-6,9,12-13,15-18,20-21,23-25H,7-8H2,1-4H3/b6-5+/t9-,12-,13+,15+,16-,17+,18+/m0/s1. The molecule has 0 aromatic carbocycles. The monoisotopic (exact) mass is 386 g/mol. The highest BCUT2D eigenvalue weighted by Gasteiger charge is 2.44. The zero-order valence-electron chi connectivity index (χ0n) is 16.1. The number of allylic oxidation sites excluding steroid dienone is 2. The van der Waals surface area contributed by atoms with Crippen LogP contribution in [0.25, 0.3) is 0 Å². The average molecular weight is 386 g/mol. The summed E-state index contributed by atoms with van der Waals surface area (Å²) in [5.74, 6) is -0.295. The SMILES string of the molecule is CC1=C(/C=C/[C@H](C)O[C@@H]2O[C@H](CO)[C@@H](O)[C@H](O)[C@H]2O)C(C)(C)C[C@H](O)C1=O. The van der Waals surface area contributed by atoms with Crippen LogP contribution in [0, 0.1) is 5.41 Å². The molecule has 2 aliphatic rings. The first-order valence-electron chi connectivity index (χ1n) is 9.07. The molecule has 0 amide bonds. The summed E-state index contributed by atoms with van der Waals surface area (Å²) < 4.78 is 10.9. The molecule has 0 aromatic rings. The van der Waals surface area contributed by atoms with E-state index in [1.54, 1.807) is 26.0 Å². The molecule has 1 aliphatic carbocycles. The third kappa shape index (κ3) is 4.65. The van der Waals surface area contributed by atoms with Gasteiger partial charge in [0.05, 0.1) is 12.7 Å². The highest BCUT2D eigenvalue weighted by molar-refractivity contribution is 6.00. The van der Waals surface area contributed by atoms with Gasteiger partial charge in [-0.1, -0.05) is 26.0 Å². The van der Waals surface area contributed by atoms with E-state index in [1.807, 2.05) is 13.8 Å². The van der Waals surface area contributed by atoms with E-state index in [9.17, 15) is 30.3 Å². The van der Waals surface area contributed by atoms with Gasteiger partial charge in [0.1, 0.15) is 30.5 Å². The number of carbonyl (C=O) groups is 1. The molecule has 0 spiro atoms. The molecule has 0 bridgehead atoms. The molecule has 1 aliphatic heterocycles. The van der Waals surface area contributed by atoms with Crippen molar-refractivity contribution in [2.45, 2.75) is 77.0 Å². The van der Waals surface area contributed by atoms with E-state index in [-0.39, 0.29) is 5.78 Å². The second-order valence-corrected chi connectivity index (χ2v) is 7.90. The molecule has 1 fully saturated rings. The van der Waals surface area contributed by atoms with Crippen molar-refractivity contribution < 1.29 is 39.8 Å². The number of carbonyl (C=O) groups excluding carboxylic acids is 1. The summed E-state index contributed by atoms with van der Waals surface area (Å²) >= 11 is 0. The maximum Gasteiger partial charge on any atom is 0.187 e. The third-order valence-corrected chi connectivity index (χ3v) is 5.24. The topological polar surface area (TPSA) is 137 Å². The molecule has 1 saturated heterocycles. The molecule has 154 valence electrons. The number of ketones is 1. The second kappa shape index (κ2) is 8.48. The van der Waals surface area contributed by atoms with Gasteiger partial charge >= 0.3 is 0 Å². The lowest BCUT2D eigenvalue weighted by molar-refractivity contribution is -0.306. The average Bonchev–Trinajstić information content (AvgIpc) is 2.59. The van der Waals surface area contributed by atoms with Crippen LogP contribution in [-0.2, 0) is 14.3 Å². The van der Waals surface area contributed by atoms with Crippen molar-refractivity contribution in [2.24, 2.45) is 5.41 Å². The summed E-state index contributed by atoms with van der Waals surface area (Å²) in [4.78, 5) is 12.1. The minimum atomic E-state index is -1.50. The fraction of sp³-hybridized carbons (Fsp3) is 0.737. The molecular formula is C19H30O8. The van der Waals surface area contributed by atoms with E-state index in [0.717, 1.165) is 5.57 Å². The summed E-state index contributed by atoms with van der Waals surface area (Å²) in [6.07, 6.45) is -4.45. The minimum Gasteiger partial charge on any atom is -0.394 e. The van der Waals surface area contributed by atoms with Crippen molar-refractivity contribution in [1.29, 1.82) is 0 Å². The van der Waals surface area contributed by atoms with E-state index >= 15 is 0 Å². The fourth-order valence-electron chi connectivity index (χ4n) is 3.60. The van der Waals surface area contributed by atoms with Crippen LogP contribution >= 0.6 is 0 Å². The van der Waals surface area contributed by atoms with Crippen LogP contribution in [0.1, 0.15) is 34.1 Å². The highest BCUT2D eigenvalue weighted by atomic mass is 16.7. The van der Waals surface area contributed by atoms with Gasteiger partial charge < -0.3 is 35.0 Å². The maximum absolute atomic E-state index is 12.1. The molecule has 5 N–H and O–H groups in total. The predicted octanol–water partition coefficient (Wildman–Crippen LogP) is -0.576. The van der Waals surface area contributed by atoms with Gasteiger partial charge in [-0.15, -0.1) is 0 Å². The Morgan fingerprint density at radius 1 is 1.22 bits per heavy atom. The van der Waals surface area contributed by atoms with Gasteiger partial charge in [0.25, 0.3) is 0 Å². The van der Waals surface area contributed by atoms with Crippen LogP contribution in [-0.4, -0.2) is 80.8 Å². The Bertz CT molecular complexity index is 609. The van der Waals surface area contributed by atoms with Crippen molar-refractivity contribution >= 4 is 5.78 Å². The Kier molecular flexibility index (Phi) is 6.96. The van der Waals surface area contributed by atoms with E-state index in [4.69, 9.17) is 9.47 Å². The Balaban J connectivity index is 2.10. The summed E-state index contributed by atoms with van der Waals surface area (Å²) in [7, 11) is 0. The Hall–Kier alpha value is -1.13. The lowest BCUT2D eigenvalue weighted by atomic mass is 9.71. The zero-order chi connectivity index (χ0) is 20.5. The van der Waals surface area contributed by atoms with Crippen molar-refractivity contribution in [2.75, 3.05) is 6.61 Å². The van der Waals surface area contributed by atoms with Gasteiger partial charge in [-0.3, -0.25) is 4.79 Å². The predicted molar refractivity (Wildman–Crippen MR) is 95.6 cm³/mol. The second-order valence-electron chi connectivity index (χ2n) is 7.90. The molecule has 8 heteroatoms. The van der Waals surface area contributed by atoms with Gasteiger partial charge in [0.15, 0.2) is 12.1 Å². The molecule has 1 heterocycles. The van der Waals surface area contributed by atoms with Gasteiger partial charge in [-0.25, -0.2) is 0 Å². The van der Waals surface area contributed by atoms with E-state index in [2.05, 4.69) is 0 Å². The Morgan fingerprint density at radius 3 is 2.44 bits per heavy atom. The van der Waals surface area contributed by atoms with E-state index in [1.165, 1.54) is 0 Å². The zero-order valence-corrected chi connectivity index (χ0v) is 16.1. The molecule has 27 heavy (non-hydrogen) atoms. The molecule has 0 aromatic heterocycles. The normalized spacial score (nSPS) is 38.5. The number of Topliss-reactive ketones (excluding diaryl/α,β-unsaturated/α-hetero) is 1. The van der Waals surface area contributed by atoms with Crippen LogP contribution in [0.4, 0.5) is 0 Å². The van der Waals surface area contributed by atoms with Gasteiger partial charge in [0, 0.05) is 0 Å². The van der Waals surface area contributed by atoms with Gasteiger partial charge in [-0.05, 0) is 36.8 Å². The molecule has 8 nitrogen and oxygen atoms in total. The molecule has 2 rings (SSSR count). The van der Waals surface area contributed by atoms with Crippen LogP contribution in [0.3, 0.4) is 0 Å². The maximum atomic E-state index is 12.1. The van der Waals surface area contributed by atoms with Crippen LogP contribution in [0.15, 0.2) is 23.3 Å². The lowest BCUT2D eigenvalue weighted by Gasteiger charge is -2.40. The lowest BCUT2D eigenvalue weighted by Crippen LogP contribution is -2.59. The van der Waals surface area contributed by atoms with Crippen molar-refractivity contribution in [1.82, 2.24) is 0 Å². The first kappa shape index (κ1) is 22.2. The van der Waals surface area contributed by atoms with Gasteiger partial charge in [-0.2, -0.15) is 0 Å². The number of aliphatic hydroxyl groups excluding tert-OH is 5. The van der Waals surface area contributed by atoms with E-state index < -0.39 is 54.9 Å². The third-order valence-electron chi connectivity index (χ3n) is 5.24. The molecular weight excluding hydrogens is 356 g/mol. The Labute approximate surface area is 158 Å². The summed E-state index contributed by atoms with van der Waals surface area (Å²) in [6, 6.07) is 0. The van der Waals surface area contributed by atoms with E-state index in [0.29, 0.717) is 12.0 Å². The first-order valence-corrected chi connectivity index (χ1v) is 9.07. The van der Waals surface area contributed by atoms with Crippen LogP contribution in [0.5, 0.6) is 0 Å². The molecule has 0 unspecified atom stereocenters. The Morgan fingerprint density at radius 2 is 1.85 bits per heavy atom. The molecule has 0 radical (unpaired) electrons. The first-order chi connectivity index (χ1) is 12.5. The number of hydrogen-bond donors (Lipinski definition) is 5. The highest BCUT2D eigenvalue weighted by Crippen LogP contribution is 2.39. The van der Waals surface area contributed by atoms with Crippen molar-refractivity contribution in [3.63, 3.8) is 0 Å². The largest absolute Gasteiger partial charge is 0.394 e. The number of ether oxygens (including phenoxy) is 2. The van der Waals surface area contributed by atoms with Crippen molar-refractivity contribution in [3.05, 3.63) is 23.3 Å². The minimum absolute atomic E-state index is 0.295. The van der Waals surface area contributed by atoms with Crippen molar-refractivity contribution in [3.8, 4) is 0 Å². The number of rotatable bonds is 5. The van der Waals surface area contributed by atoms with Crippen LogP contribution < -0.4 is 0 Å². The quantitative estimate of drug-likeness (QED) is 0.423. The number of aliphatic hydroxyl groups is 5. The smallest absolute Gasteiger partial charge is 0.187 e. The summed E-state index contributed by atoms with van der Waals surface area (Å²) in [6.45, 7) is 6.72. The molecule has 0 saturated carbocycles. The van der Waals surface area contributed by atoms with Gasteiger partial charge in [0.2, 0.25) is 0 Å². The molecule has 7 atom stereocenters. The number of hydrogen-bond acceptors (Lipinski definition) is 8. The fourth-order valence-corrected chi connectivity index (χ4v) is 3.60. The van der Waals surface area contributed by atoms with Crippen LogP contribution in [0.2, 0.25) is 0 Å². The summed E-state index contributed by atoms with van der Waals surface area (Å²) in [5, 5.41) is 48.7.